The zero-order valence-corrected chi connectivity index (χ0v) is 10.2. The summed E-state index contributed by atoms with van der Waals surface area (Å²) in [6, 6.07) is 0. The van der Waals surface area contributed by atoms with E-state index in [-0.39, 0.29) is 12.5 Å². The Bertz CT molecular complexity index is 373. The minimum Gasteiger partial charge on any atom is -0.388 e. The number of fused-ring (bicyclic) bond motifs is 3. The molecule has 3 aliphatic heterocycles. The van der Waals surface area contributed by atoms with Gasteiger partial charge in [0.15, 0.2) is 12.1 Å². The van der Waals surface area contributed by atoms with E-state index < -0.39 is 42.4 Å². The zero-order chi connectivity index (χ0) is 13.1. The molecule has 3 saturated heterocycles. The maximum atomic E-state index is 10.9. The van der Waals surface area contributed by atoms with Crippen molar-refractivity contribution in [1.82, 2.24) is 0 Å². The third-order valence-corrected chi connectivity index (χ3v) is 3.48. The van der Waals surface area contributed by atoms with E-state index in [1.165, 1.54) is 0 Å². The van der Waals surface area contributed by atoms with E-state index in [9.17, 15) is 9.90 Å². The van der Waals surface area contributed by atoms with Gasteiger partial charge in [-0.05, 0) is 13.8 Å². The first-order chi connectivity index (χ1) is 8.37. The molecule has 18 heavy (non-hydrogen) atoms. The molecular formula is C11H17NO6. The lowest BCUT2D eigenvalue weighted by molar-refractivity contribution is -0.214. The molecule has 102 valence electrons. The predicted molar refractivity (Wildman–Crippen MR) is 57.2 cm³/mol. The van der Waals surface area contributed by atoms with Crippen molar-refractivity contribution in [2.24, 2.45) is 5.73 Å². The van der Waals surface area contributed by atoms with Crippen molar-refractivity contribution in [3.05, 3.63) is 0 Å². The Labute approximate surface area is 104 Å². The number of rotatable bonds is 2. The van der Waals surface area contributed by atoms with Gasteiger partial charge in [-0.3, -0.25) is 4.79 Å². The topological polar surface area (TPSA) is 100 Å². The molecule has 0 aliphatic carbocycles. The summed E-state index contributed by atoms with van der Waals surface area (Å²) in [4.78, 5) is 10.9. The van der Waals surface area contributed by atoms with E-state index in [2.05, 4.69) is 0 Å². The molecular weight excluding hydrogens is 242 g/mol. The molecule has 0 saturated carbocycles. The SMILES string of the molecule is CC1(C)O[C@H]2O[C@@H]3[C@H](O)[C@@H](CC(N)=O)O[C@@H]3[C@H]2O1. The van der Waals surface area contributed by atoms with Crippen LogP contribution < -0.4 is 5.73 Å². The summed E-state index contributed by atoms with van der Waals surface area (Å²) in [6.07, 6.45) is -3.40. The number of amides is 1. The maximum Gasteiger partial charge on any atom is 0.220 e. The smallest absolute Gasteiger partial charge is 0.220 e. The van der Waals surface area contributed by atoms with Crippen LogP contribution in [0.25, 0.3) is 0 Å². The number of ether oxygens (including phenoxy) is 4. The summed E-state index contributed by atoms with van der Waals surface area (Å²) < 4.78 is 22.5. The molecule has 3 rings (SSSR count). The van der Waals surface area contributed by atoms with Crippen molar-refractivity contribution in [2.75, 3.05) is 0 Å². The summed E-state index contributed by atoms with van der Waals surface area (Å²) in [7, 11) is 0. The summed E-state index contributed by atoms with van der Waals surface area (Å²) in [5.74, 6) is -1.24. The van der Waals surface area contributed by atoms with Crippen molar-refractivity contribution < 1.29 is 28.8 Å². The van der Waals surface area contributed by atoms with Gasteiger partial charge >= 0.3 is 0 Å². The highest BCUT2D eigenvalue weighted by atomic mass is 16.8. The normalized spacial score (nSPS) is 49.1. The monoisotopic (exact) mass is 259 g/mol. The predicted octanol–water partition coefficient (Wildman–Crippen LogP) is -1.13. The Morgan fingerprint density at radius 3 is 2.61 bits per heavy atom. The third-order valence-electron chi connectivity index (χ3n) is 3.48. The van der Waals surface area contributed by atoms with Gasteiger partial charge in [0, 0.05) is 0 Å². The molecule has 3 fully saturated rings. The molecule has 7 nitrogen and oxygen atoms in total. The van der Waals surface area contributed by atoms with Gasteiger partial charge in [0.05, 0.1) is 12.5 Å². The zero-order valence-electron chi connectivity index (χ0n) is 10.2. The van der Waals surface area contributed by atoms with Crippen LogP contribution in [0, 0.1) is 0 Å². The molecule has 3 aliphatic rings. The minimum absolute atomic E-state index is 0.0286. The van der Waals surface area contributed by atoms with Crippen LogP contribution in [-0.4, -0.2) is 53.6 Å². The number of aliphatic hydroxyl groups excluding tert-OH is 1. The Kier molecular flexibility index (Phi) is 2.65. The standard InChI is InChI=1S/C11H17NO6/c1-11(2)17-9-8-7(16-10(9)18-11)6(14)4(15-8)3-5(12)13/h4,6-10,14H,3H2,1-2H3,(H2,12,13)/t4-,6-,7-,8+,9-,10-/m1/s1. The molecule has 1 amide bonds. The van der Waals surface area contributed by atoms with Gasteiger partial charge in [0.1, 0.15) is 24.4 Å². The quantitative estimate of drug-likeness (QED) is 0.650. The molecule has 0 bridgehead atoms. The van der Waals surface area contributed by atoms with Crippen LogP contribution in [0.3, 0.4) is 0 Å². The van der Waals surface area contributed by atoms with Gasteiger partial charge in [-0.2, -0.15) is 0 Å². The summed E-state index contributed by atoms with van der Waals surface area (Å²) in [6.45, 7) is 3.58. The van der Waals surface area contributed by atoms with E-state index in [4.69, 9.17) is 24.7 Å². The van der Waals surface area contributed by atoms with E-state index in [0.717, 1.165) is 0 Å². The van der Waals surface area contributed by atoms with Crippen LogP contribution in [0.5, 0.6) is 0 Å². The highest BCUT2D eigenvalue weighted by Crippen LogP contribution is 2.43. The van der Waals surface area contributed by atoms with Crippen LogP contribution in [0.4, 0.5) is 0 Å². The van der Waals surface area contributed by atoms with E-state index in [1.807, 2.05) is 0 Å². The summed E-state index contributed by atoms with van der Waals surface area (Å²) in [5, 5.41) is 10.0. The second kappa shape index (κ2) is 3.88. The van der Waals surface area contributed by atoms with Crippen LogP contribution in [0.15, 0.2) is 0 Å². The Hall–Kier alpha value is -0.730. The van der Waals surface area contributed by atoms with Crippen LogP contribution in [0.2, 0.25) is 0 Å². The first-order valence-corrected chi connectivity index (χ1v) is 6.00. The number of carbonyl (C=O) groups excluding carboxylic acids is 1. The van der Waals surface area contributed by atoms with Gasteiger partial charge in [0.2, 0.25) is 5.91 Å². The molecule has 3 heterocycles. The molecule has 0 aromatic heterocycles. The van der Waals surface area contributed by atoms with Gasteiger partial charge in [-0.15, -0.1) is 0 Å². The lowest BCUT2D eigenvalue weighted by Crippen LogP contribution is -2.36. The maximum absolute atomic E-state index is 10.9. The first-order valence-electron chi connectivity index (χ1n) is 6.00. The molecule has 6 atom stereocenters. The van der Waals surface area contributed by atoms with Gasteiger partial charge < -0.3 is 29.8 Å². The Balaban J connectivity index is 1.72. The van der Waals surface area contributed by atoms with Gasteiger partial charge in [-0.25, -0.2) is 0 Å². The van der Waals surface area contributed by atoms with Crippen molar-refractivity contribution in [1.29, 1.82) is 0 Å². The van der Waals surface area contributed by atoms with Gasteiger partial charge in [-0.1, -0.05) is 0 Å². The van der Waals surface area contributed by atoms with E-state index in [0.29, 0.717) is 0 Å². The molecule has 7 heteroatoms. The van der Waals surface area contributed by atoms with E-state index in [1.54, 1.807) is 13.8 Å². The summed E-state index contributed by atoms with van der Waals surface area (Å²) in [5.41, 5.74) is 5.11. The van der Waals surface area contributed by atoms with Crippen molar-refractivity contribution in [2.45, 2.75) is 62.9 Å². The number of hydrogen-bond acceptors (Lipinski definition) is 6. The highest BCUT2D eigenvalue weighted by Gasteiger charge is 2.61. The fourth-order valence-corrected chi connectivity index (χ4v) is 2.79. The van der Waals surface area contributed by atoms with Crippen LogP contribution >= 0.6 is 0 Å². The van der Waals surface area contributed by atoms with Crippen molar-refractivity contribution in [3.63, 3.8) is 0 Å². The number of nitrogens with two attached hydrogens (primary N) is 1. The number of aliphatic hydroxyl groups is 1. The minimum atomic E-state index is -0.886. The number of primary amides is 1. The number of hydrogen-bond donors (Lipinski definition) is 2. The largest absolute Gasteiger partial charge is 0.388 e. The van der Waals surface area contributed by atoms with Crippen LogP contribution in [-0.2, 0) is 23.7 Å². The first kappa shape index (κ1) is 12.3. The van der Waals surface area contributed by atoms with Crippen molar-refractivity contribution in [3.8, 4) is 0 Å². The second-order valence-electron chi connectivity index (χ2n) is 5.37. The second-order valence-corrected chi connectivity index (χ2v) is 5.37. The molecule has 0 unspecified atom stereocenters. The fraction of sp³-hybridized carbons (Fsp3) is 0.909. The van der Waals surface area contributed by atoms with Crippen LogP contribution in [0.1, 0.15) is 20.3 Å². The van der Waals surface area contributed by atoms with Crippen molar-refractivity contribution >= 4 is 5.91 Å². The highest BCUT2D eigenvalue weighted by molar-refractivity contribution is 5.74. The Morgan fingerprint density at radius 2 is 1.94 bits per heavy atom. The molecule has 0 radical (unpaired) electrons. The molecule has 0 spiro atoms. The third kappa shape index (κ3) is 1.83. The molecule has 0 aromatic carbocycles. The summed E-state index contributed by atoms with van der Waals surface area (Å²) >= 11 is 0. The lowest BCUT2D eigenvalue weighted by Gasteiger charge is -2.21. The average Bonchev–Trinajstić information content (AvgIpc) is 2.78. The Morgan fingerprint density at radius 1 is 1.22 bits per heavy atom. The molecule has 0 aromatic rings. The van der Waals surface area contributed by atoms with Gasteiger partial charge in [0.25, 0.3) is 0 Å². The number of carbonyl (C=O) groups is 1. The molecule has 3 N–H and O–H groups in total. The van der Waals surface area contributed by atoms with E-state index >= 15 is 0 Å². The average molecular weight is 259 g/mol. The lowest BCUT2D eigenvalue weighted by atomic mass is 10.0. The fourth-order valence-electron chi connectivity index (χ4n) is 2.79.